The van der Waals surface area contributed by atoms with Crippen LogP contribution in [0.5, 0.6) is 0 Å². The summed E-state index contributed by atoms with van der Waals surface area (Å²) in [6, 6.07) is 7.34. The van der Waals surface area contributed by atoms with Gasteiger partial charge in [-0.05, 0) is 24.0 Å². The summed E-state index contributed by atoms with van der Waals surface area (Å²) in [5.41, 5.74) is 2.03. The van der Waals surface area contributed by atoms with Gasteiger partial charge in [0, 0.05) is 0 Å². The van der Waals surface area contributed by atoms with Crippen LogP contribution in [0.1, 0.15) is 44.0 Å². The summed E-state index contributed by atoms with van der Waals surface area (Å²) in [6.45, 7) is 5.35. The van der Waals surface area contributed by atoms with Gasteiger partial charge in [0.15, 0.2) is 0 Å². The van der Waals surface area contributed by atoms with Crippen molar-refractivity contribution in [2.75, 3.05) is 6.54 Å². The Morgan fingerprint density at radius 3 is 2.35 bits per heavy atom. The van der Waals surface area contributed by atoms with Crippen molar-refractivity contribution in [1.29, 1.82) is 0 Å². The summed E-state index contributed by atoms with van der Waals surface area (Å²) in [4.78, 5) is 13.2. The third kappa shape index (κ3) is 2.98. The molecule has 0 bridgehead atoms. The molecule has 2 atom stereocenters. The van der Waals surface area contributed by atoms with E-state index in [1.165, 1.54) is 10.5 Å². The fourth-order valence-electron chi connectivity index (χ4n) is 2.46. The number of rotatable bonds is 4. The Labute approximate surface area is 118 Å². The predicted molar refractivity (Wildman–Crippen MR) is 73.6 cm³/mol. The monoisotopic (exact) mass is 282 g/mol. The van der Waals surface area contributed by atoms with Gasteiger partial charge in [-0.3, -0.25) is 10.1 Å². The van der Waals surface area contributed by atoms with Gasteiger partial charge in [0.2, 0.25) is 5.91 Å². The first-order valence-electron chi connectivity index (χ1n) is 6.84. The van der Waals surface area contributed by atoms with Gasteiger partial charge in [0.25, 0.3) is 6.43 Å². The van der Waals surface area contributed by atoms with Crippen LogP contribution in [-0.2, 0) is 4.79 Å². The Morgan fingerprint density at radius 1 is 1.25 bits per heavy atom. The van der Waals surface area contributed by atoms with Gasteiger partial charge in [-0.1, -0.05) is 38.1 Å². The summed E-state index contributed by atoms with van der Waals surface area (Å²) in [5, 5.41) is 3.07. The van der Waals surface area contributed by atoms with Crippen molar-refractivity contribution < 1.29 is 13.6 Å². The largest absolute Gasteiger partial charge is 0.316 e. The number of halogens is 2. The number of alkyl halides is 2. The summed E-state index contributed by atoms with van der Waals surface area (Å²) in [5.74, 6) is 0.140. The zero-order chi connectivity index (χ0) is 14.9. The van der Waals surface area contributed by atoms with Gasteiger partial charge in [-0.2, -0.15) is 0 Å². The summed E-state index contributed by atoms with van der Waals surface area (Å²) in [6.07, 6.45) is -2.99. The highest BCUT2D eigenvalue weighted by atomic mass is 19.3. The maximum Gasteiger partial charge on any atom is 0.255 e. The summed E-state index contributed by atoms with van der Waals surface area (Å²) < 4.78 is 25.2. The van der Waals surface area contributed by atoms with Crippen LogP contribution >= 0.6 is 0 Å². The van der Waals surface area contributed by atoms with Crippen LogP contribution in [0, 0.1) is 0 Å². The standard InChI is InChI=1S/C15H20F2N2O/c1-9(2)11-4-6-12(7-5-11)14-18-10(3)15(20)19(14)8-13(16)17/h4-7,9-10,13-14,18H,8H2,1-3H3. The Hall–Kier alpha value is -1.49. The van der Waals surface area contributed by atoms with E-state index < -0.39 is 25.2 Å². The third-order valence-electron chi connectivity index (χ3n) is 3.63. The highest BCUT2D eigenvalue weighted by Crippen LogP contribution is 2.27. The van der Waals surface area contributed by atoms with Crippen molar-refractivity contribution in [2.24, 2.45) is 0 Å². The normalized spacial score (nSPS) is 23.1. The van der Waals surface area contributed by atoms with Gasteiger partial charge in [0.05, 0.1) is 12.6 Å². The number of carbonyl (C=O) groups is 1. The van der Waals surface area contributed by atoms with Crippen molar-refractivity contribution in [2.45, 2.75) is 45.3 Å². The van der Waals surface area contributed by atoms with Gasteiger partial charge in [-0.25, -0.2) is 8.78 Å². The molecule has 110 valence electrons. The molecule has 2 unspecified atom stereocenters. The first-order chi connectivity index (χ1) is 9.40. The number of nitrogens with one attached hydrogen (secondary N) is 1. The first kappa shape index (κ1) is 14.9. The maximum absolute atomic E-state index is 12.6. The van der Waals surface area contributed by atoms with Gasteiger partial charge >= 0.3 is 0 Å². The molecule has 1 fully saturated rings. The van der Waals surface area contributed by atoms with Gasteiger partial charge in [-0.15, -0.1) is 0 Å². The Bertz CT molecular complexity index is 473. The minimum absolute atomic E-state index is 0.275. The molecule has 5 heteroatoms. The quantitative estimate of drug-likeness (QED) is 0.921. The Kier molecular flexibility index (Phi) is 4.38. The molecule has 0 radical (unpaired) electrons. The van der Waals surface area contributed by atoms with E-state index in [0.29, 0.717) is 5.92 Å². The molecule has 1 aliphatic rings. The molecule has 0 saturated carbocycles. The fraction of sp³-hybridized carbons (Fsp3) is 0.533. The highest BCUT2D eigenvalue weighted by molar-refractivity contribution is 5.84. The van der Waals surface area contributed by atoms with E-state index in [0.717, 1.165) is 5.56 Å². The lowest BCUT2D eigenvalue weighted by Gasteiger charge is -2.24. The summed E-state index contributed by atoms with van der Waals surface area (Å²) >= 11 is 0. The second-order valence-electron chi connectivity index (χ2n) is 5.49. The molecule has 0 aliphatic carbocycles. The molecule has 3 nitrogen and oxygen atoms in total. The predicted octanol–water partition coefficient (Wildman–Crippen LogP) is 2.89. The molecular weight excluding hydrogens is 262 g/mol. The lowest BCUT2D eigenvalue weighted by atomic mass is 10.0. The number of nitrogens with zero attached hydrogens (tertiary/aromatic N) is 1. The van der Waals surface area contributed by atoms with Crippen molar-refractivity contribution >= 4 is 5.91 Å². The summed E-state index contributed by atoms with van der Waals surface area (Å²) in [7, 11) is 0. The van der Waals surface area contributed by atoms with Crippen LogP contribution in [0.25, 0.3) is 0 Å². The van der Waals surface area contributed by atoms with Crippen molar-refractivity contribution in [1.82, 2.24) is 10.2 Å². The van der Waals surface area contributed by atoms with Crippen LogP contribution in [0.4, 0.5) is 8.78 Å². The average molecular weight is 282 g/mol. The zero-order valence-electron chi connectivity index (χ0n) is 11.9. The van der Waals surface area contributed by atoms with Crippen LogP contribution in [-0.4, -0.2) is 29.8 Å². The van der Waals surface area contributed by atoms with Crippen LogP contribution in [0.3, 0.4) is 0 Å². The molecule has 0 aromatic heterocycles. The second kappa shape index (κ2) is 5.87. The fourth-order valence-corrected chi connectivity index (χ4v) is 2.46. The first-order valence-corrected chi connectivity index (χ1v) is 6.84. The molecule has 0 spiro atoms. The van der Waals surface area contributed by atoms with Gasteiger partial charge in [0.1, 0.15) is 6.17 Å². The van der Waals surface area contributed by atoms with Gasteiger partial charge < -0.3 is 4.90 Å². The van der Waals surface area contributed by atoms with E-state index in [4.69, 9.17) is 0 Å². The minimum Gasteiger partial charge on any atom is -0.316 e. The van der Waals surface area contributed by atoms with E-state index in [9.17, 15) is 13.6 Å². The number of hydrogen-bond acceptors (Lipinski definition) is 2. The zero-order valence-corrected chi connectivity index (χ0v) is 11.9. The van der Waals surface area contributed by atoms with E-state index >= 15 is 0 Å². The van der Waals surface area contributed by atoms with Crippen LogP contribution < -0.4 is 5.32 Å². The number of hydrogen-bond donors (Lipinski definition) is 1. The van der Waals surface area contributed by atoms with E-state index in [1.54, 1.807) is 6.92 Å². The lowest BCUT2D eigenvalue weighted by Crippen LogP contribution is -2.34. The molecule has 1 aromatic rings. The lowest BCUT2D eigenvalue weighted by molar-refractivity contribution is -0.131. The topological polar surface area (TPSA) is 32.3 Å². The molecular formula is C15H20F2N2O. The maximum atomic E-state index is 12.6. The highest BCUT2D eigenvalue weighted by Gasteiger charge is 2.38. The molecule has 1 aliphatic heterocycles. The molecule has 1 amide bonds. The Morgan fingerprint density at radius 2 is 1.85 bits per heavy atom. The van der Waals surface area contributed by atoms with E-state index in [1.807, 2.05) is 24.3 Å². The molecule has 1 aromatic carbocycles. The van der Waals surface area contributed by atoms with Crippen molar-refractivity contribution in [3.63, 3.8) is 0 Å². The molecule has 20 heavy (non-hydrogen) atoms. The van der Waals surface area contributed by atoms with Crippen LogP contribution in [0.15, 0.2) is 24.3 Å². The van der Waals surface area contributed by atoms with Crippen LogP contribution in [0.2, 0.25) is 0 Å². The number of carbonyl (C=O) groups excluding carboxylic acids is 1. The van der Waals surface area contributed by atoms with Crippen molar-refractivity contribution in [3.8, 4) is 0 Å². The number of amides is 1. The van der Waals surface area contributed by atoms with Crippen molar-refractivity contribution in [3.05, 3.63) is 35.4 Å². The molecule has 1 heterocycles. The minimum atomic E-state index is -2.52. The average Bonchev–Trinajstić information content (AvgIpc) is 2.66. The third-order valence-corrected chi connectivity index (χ3v) is 3.63. The van der Waals surface area contributed by atoms with E-state index in [2.05, 4.69) is 19.2 Å². The molecule has 1 N–H and O–H groups in total. The second-order valence-corrected chi connectivity index (χ2v) is 5.49. The number of benzene rings is 1. The van der Waals surface area contributed by atoms with E-state index in [-0.39, 0.29) is 5.91 Å². The molecule has 1 saturated heterocycles. The smallest absolute Gasteiger partial charge is 0.255 e. The Balaban J connectivity index is 2.23. The SMILES string of the molecule is CC1NC(c2ccc(C(C)C)cc2)N(CC(F)F)C1=O. The molecule has 2 rings (SSSR count).